The van der Waals surface area contributed by atoms with Gasteiger partial charge in [-0.3, -0.25) is 0 Å². The molecule has 1 aromatic rings. The molecule has 0 amide bonds. The Balaban J connectivity index is 2.23. The Bertz CT molecular complexity index is 451. The molecular formula is C14H18ClN3. The Kier molecular flexibility index (Phi) is 4.46. The van der Waals surface area contributed by atoms with Crippen LogP contribution in [0.3, 0.4) is 0 Å². The summed E-state index contributed by atoms with van der Waals surface area (Å²) in [7, 11) is 1.98. The molecule has 1 heterocycles. The lowest BCUT2D eigenvalue weighted by Gasteiger charge is -2.37. The number of anilines is 1. The number of halogens is 1. The Morgan fingerprint density at radius 1 is 1.50 bits per heavy atom. The average Bonchev–Trinajstić information content (AvgIpc) is 2.40. The van der Waals surface area contributed by atoms with Crippen molar-refractivity contribution < 1.29 is 0 Å². The van der Waals surface area contributed by atoms with Gasteiger partial charge >= 0.3 is 0 Å². The van der Waals surface area contributed by atoms with Gasteiger partial charge in [0, 0.05) is 24.8 Å². The maximum Gasteiger partial charge on any atom is 0.101 e. The molecule has 1 atom stereocenters. The van der Waals surface area contributed by atoms with E-state index < -0.39 is 0 Å². The van der Waals surface area contributed by atoms with Crippen molar-refractivity contribution in [3.63, 3.8) is 0 Å². The van der Waals surface area contributed by atoms with E-state index in [0.717, 1.165) is 18.8 Å². The van der Waals surface area contributed by atoms with Crippen molar-refractivity contribution in [1.82, 2.24) is 5.32 Å². The third-order valence-corrected chi connectivity index (χ3v) is 3.78. The second-order valence-electron chi connectivity index (χ2n) is 4.68. The van der Waals surface area contributed by atoms with Gasteiger partial charge in [0.25, 0.3) is 0 Å². The van der Waals surface area contributed by atoms with E-state index in [0.29, 0.717) is 16.6 Å². The minimum Gasteiger partial charge on any atom is -0.367 e. The lowest BCUT2D eigenvalue weighted by atomic mass is 10.0. The molecule has 96 valence electrons. The number of hydrogen-bond donors (Lipinski definition) is 1. The molecule has 1 N–H and O–H groups in total. The fourth-order valence-corrected chi connectivity index (χ4v) is 2.78. The van der Waals surface area contributed by atoms with Crippen molar-refractivity contribution in [3.05, 3.63) is 28.8 Å². The summed E-state index contributed by atoms with van der Waals surface area (Å²) in [6.45, 7) is 2.05. The maximum absolute atomic E-state index is 8.90. The van der Waals surface area contributed by atoms with Crippen molar-refractivity contribution in [2.75, 3.05) is 25.0 Å². The van der Waals surface area contributed by atoms with E-state index in [2.05, 4.69) is 16.3 Å². The summed E-state index contributed by atoms with van der Waals surface area (Å²) in [5, 5.41) is 12.7. The molecule has 1 saturated heterocycles. The quantitative estimate of drug-likeness (QED) is 0.912. The highest BCUT2D eigenvalue weighted by Gasteiger charge is 2.22. The van der Waals surface area contributed by atoms with Gasteiger partial charge < -0.3 is 10.2 Å². The number of nitrogens with one attached hydrogen (secondary N) is 1. The van der Waals surface area contributed by atoms with Gasteiger partial charge in [0.2, 0.25) is 0 Å². The molecule has 1 aliphatic rings. The first-order chi connectivity index (χ1) is 8.76. The van der Waals surface area contributed by atoms with Crippen molar-refractivity contribution in [2.24, 2.45) is 0 Å². The fraction of sp³-hybridized carbons (Fsp3) is 0.500. The highest BCUT2D eigenvalue weighted by molar-refractivity contribution is 6.32. The van der Waals surface area contributed by atoms with E-state index in [4.69, 9.17) is 16.9 Å². The first-order valence-electron chi connectivity index (χ1n) is 6.37. The van der Waals surface area contributed by atoms with Crippen LogP contribution in [0.2, 0.25) is 5.02 Å². The molecule has 3 nitrogen and oxygen atoms in total. The second-order valence-corrected chi connectivity index (χ2v) is 5.08. The number of nitriles is 1. The summed E-state index contributed by atoms with van der Waals surface area (Å²) < 4.78 is 0. The fourth-order valence-electron chi connectivity index (χ4n) is 2.56. The highest BCUT2D eigenvalue weighted by Crippen LogP contribution is 2.28. The van der Waals surface area contributed by atoms with E-state index >= 15 is 0 Å². The lowest BCUT2D eigenvalue weighted by Crippen LogP contribution is -2.45. The summed E-state index contributed by atoms with van der Waals surface area (Å²) in [4.78, 5) is 2.40. The molecule has 1 unspecified atom stereocenters. The van der Waals surface area contributed by atoms with Gasteiger partial charge in [0.1, 0.15) is 6.07 Å². The summed E-state index contributed by atoms with van der Waals surface area (Å²) in [5.41, 5.74) is 1.67. The number of piperidine rings is 1. The smallest absolute Gasteiger partial charge is 0.101 e. The van der Waals surface area contributed by atoms with Gasteiger partial charge in [-0.05, 0) is 44.5 Å². The first-order valence-corrected chi connectivity index (χ1v) is 6.75. The maximum atomic E-state index is 8.90. The summed E-state index contributed by atoms with van der Waals surface area (Å²) in [5.74, 6) is 0. The lowest BCUT2D eigenvalue weighted by molar-refractivity contribution is 0.446. The van der Waals surface area contributed by atoms with Gasteiger partial charge in [-0.15, -0.1) is 0 Å². The first kappa shape index (κ1) is 13.2. The van der Waals surface area contributed by atoms with E-state index in [9.17, 15) is 0 Å². The molecule has 1 aliphatic heterocycles. The molecule has 18 heavy (non-hydrogen) atoms. The van der Waals surface area contributed by atoms with Crippen LogP contribution in [0.1, 0.15) is 24.8 Å². The van der Waals surface area contributed by atoms with E-state index in [-0.39, 0.29) is 0 Å². The standard InChI is InChI=1S/C14H18ClN3/c1-17-10-13-4-2-3-7-18(13)12-6-5-11(9-16)14(15)8-12/h5-6,8,13,17H,2-4,7,10H2,1H3. The van der Waals surface area contributed by atoms with Gasteiger partial charge in [0.15, 0.2) is 0 Å². The van der Waals surface area contributed by atoms with Gasteiger partial charge in [-0.2, -0.15) is 5.26 Å². The van der Waals surface area contributed by atoms with Crippen LogP contribution < -0.4 is 10.2 Å². The predicted octanol–water partition coefficient (Wildman–Crippen LogP) is 2.79. The summed E-state index contributed by atoms with van der Waals surface area (Å²) in [6, 6.07) is 8.34. The zero-order chi connectivity index (χ0) is 13.0. The number of nitrogens with zero attached hydrogens (tertiary/aromatic N) is 2. The number of hydrogen-bond acceptors (Lipinski definition) is 3. The summed E-state index contributed by atoms with van der Waals surface area (Å²) >= 11 is 6.11. The minimum atomic E-state index is 0.521. The van der Waals surface area contributed by atoms with Crippen LogP contribution in [0, 0.1) is 11.3 Å². The Morgan fingerprint density at radius 2 is 2.33 bits per heavy atom. The SMILES string of the molecule is CNCC1CCCCN1c1ccc(C#N)c(Cl)c1. The van der Waals surface area contributed by atoms with Gasteiger partial charge in [-0.1, -0.05) is 11.6 Å². The van der Waals surface area contributed by atoms with Crippen molar-refractivity contribution in [2.45, 2.75) is 25.3 Å². The number of rotatable bonds is 3. The predicted molar refractivity (Wildman–Crippen MR) is 75.1 cm³/mol. The molecular weight excluding hydrogens is 246 g/mol. The van der Waals surface area contributed by atoms with Crippen molar-refractivity contribution in [1.29, 1.82) is 5.26 Å². The monoisotopic (exact) mass is 263 g/mol. The molecule has 0 radical (unpaired) electrons. The molecule has 0 spiro atoms. The zero-order valence-corrected chi connectivity index (χ0v) is 11.4. The van der Waals surface area contributed by atoms with Gasteiger partial charge in [-0.25, -0.2) is 0 Å². The number of benzene rings is 1. The van der Waals surface area contributed by atoms with E-state index in [1.165, 1.54) is 19.3 Å². The Labute approximate surface area is 113 Å². The topological polar surface area (TPSA) is 39.1 Å². The second kappa shape index (κ2) is 6.08. The molecule has 0 saturated carbocycles. The third-order valence-electron chi connectivity index (χ3n) is 3.47. The molecule has 0 aliphatic carbocycles. The molecule has 2 rings (SSSR count). The van der Waals surface area contributed by atoms with E-state index in [1.807, 2.05) is 25.2 Å². The average molecular weight is 264 g/mol. The van der Waals surface area contributed by atoms with E-state index in [1.54, 1.807) is 0 Å². The Hall–Kier alpha value is -1.24. The van der Waals surface area contributed by atoms with Crippen LogP contribution in [0.4, 0.5) is 5.69 Å². The van der Waals surface area contributed by atoms with Crippen LogP contribution >= 0.6 is 11.6 Å². The molecule has 0 bridgehead atoms. The van der Waals surface area contributed by atoms with Crippen molar-refractivity contribution in [3.8, 4) is 6.07 Å². The summed E-state index contributed by atoms with van der Waals surface area (Å²) in [6.07, 6.45) is 3.71. The highest BCUT2D eigenvalue weighted by atomic mass is 35.5. The minimum absolute atomic E-state index is 0.521. The molecule has 1 aromatic carbocycles. The molecule has 1 fully saturated rings. The largest absolute Gasteiger partial charge is 0.367 e. The zero-order valence-electron chi connectivity index (χ0n) is 10.6. The normalized spacial score (nSPS) is 19.6. The van der Waals surface area contributed by atoms with Crippen LogP contribution in [-0.4, -0.2) is 26.2 Å². The Morgan fingerprint density at radius 3 is 3.00 bits per heavy atom. The third kappa shape index (κ3) is 2.77. The van der Waals surface area contributed by atoms with Crippen LogP contribution in [-0.2, 0) is 0 Å². The van der Waals surface area contributed by atoms with Crippen LogP contribution in [0.5, 0.6) is 0 Å². The van der Waals surface area contributed by atoms with Crippen molar-refractivity contribution >= 4 is 17.3 Å². The van der Waals surface area contributed by atoms with Crippen LogP contribution in [0.25, 0.3) is 0 Å². The number of likely N-dealkylation sites (N-methyl/N-ethyl adjacent to an activating group) is 1. The molecule has 4 heteroatoms. The van der Waals surface area contributed by atoms with Crippen LogP contribution in [0.15, 0.2) is 18.2 Å². The molecule has 0 aromatic heterocycles. The van der Waals surface area contributed by atoms with Gasteiger partial charge in [0.05, 0.1) is 10.6 Å².